The van der Waals surface area contributed by atoms with Crippen molar-refractivity contribution in [2.45, 2.75) is 129 Å². The van der Waals surface area contributed by atoms with E-state index < -0.39 is 9.03 Å². The van der Waals surface area contributed by atoms with Gasteiger partial charge in [-0.05, 0) is 36.8 Å². The first-order chi connectivity index (χ1) is 14.3. The molecule has 2 nitrogen and oxygen atoms in total. The molecule has 0 saturated carbocycles. The fourth-order valence-electron chi connectivity index (χ4n) is 3.94. The largest absolute Gasteiger partial charge is 0.352 e. The number of benzene rings is 1. The summed E-state index contributed by atoms with van der Waals surface area (Å²) in [6, 6.07) is 9.22. The average molecular weight is 425 g/mol. The minimum atomic E-state index is -0.917. The van der Waals surface area contributed by atoms with Crippen molar-refractivity contribution in [2.24, 2.45) is 0 Å². The van der Waals surface area contributed by atoms with Crippen molar-refractivity contribution >= 4 is 9.03 Å². The molecule has 1 aromatic carbocycles. The Morgan fingerprint density at radius 2 is 0.793 bits per heavy atom. The Hall–Kier alpha value is -0.430. The Morgan fingerprint density at radius 3 is 1.10 bits per heavy atom. The van der Waals surface area contributed by atoms with Crippen LogP contribution in [0.5, 0.6) is 0 Å². The average Bonchev–Trinajstić information content (AvgIpc) is 2.73. The fourth-order valence-corrected chi connectivity index (χ4v) is 3.94. The fraction of sp³-hybridized carbons (Fsp3) is 0.769. The van der Waals surface area contributed by atoms with E-state index in [1.54, 1.807) is 11.1 Å². The quantitative estimate of drug-likeness (QED) is 0.183. The van der Waals surface area contributed by atoms with Crippen molar-refractivity contribution in [1.29, 1.82) is 0 Å². The molecule has 0 bridgehead atoms. The molecule has 3 heteroatoms. The second-order valence-corrected chi connectivity index (χ2v) is 8.52. The molecule has 0 aliphatic carbocycles. The highest BCUT2D eigenvalue weighted by Gasteiger charge is 2.02. The molecule has 170 valence electrons. The maximum absolute atomic E-state index is 7.15. The van der Waals surface area contributed by atoms with Gasteiger partial charge in [-0.15, -0.1) is 0 Å². The molecule has 0 amide bonds. The number of hydrogen-bond donors (Lipinski definition) is 2. The van der Waals surface area contributed by atoms with E-state index in [0.29, 0.717) is 0 Å². The number of aryl methyl sites for hydroxylation is 2. The van der Waals surface area contributed by atoms with E-state index in [1.807, 2.05) is 0 Å². The zero-order valence-corrected chi connectivity index (χ0v) is 20.4. The van der Waals surface area contributed by atoms with Crippen molar-refractivity contribution < 1.29 is 9.79 Å². The van der Waals surface area contributed by atoms with Gasteiger partial charge >= 0.3 is 0 Å². The first-order valence-corrected chi connectivity index (χ1v) is 13.3. The Kier molecular flexibility index (Phi) is 23.5. The number of hydrogen-bond acceptors (Lipinski definition) is 2. The molecule has 0 aromatic heterocycles. The number of unbranched alkanes of at least 4 members (excludes halogenated alkanes) is 14. The molecule has 0 atom stereocenters. The topological polar surface area (TPSA) is 40.5 Å². The molecule has 1 rings (SSSR count). The van der Waals surface area contributed by atoms with Crippen LogP contribution in [0.1, 0.15) is 128 Å². The minimum Gasteiger partial charge on any atom is -0.352 e. The van der Waals surface area contributed by atoms with Crippen molar-refractivity contribution in [3.05, 3.63) is 35.4 Å². The van der Waals surface area contributed by atoms with Crippen molar-refractivity contribution in [3.63, 3.8) is 0 Å². The van der Waals surface area contributed by atoms with Crippen LogP contribution in [0.25, 0.3) is 0 Å². The number of rotatable bonds is 18. The summed E-state index contributed by atoms with van der Waals surface area (Å²) in [5.74, 6) is 0. The molecule has 0 fully saturated rings. The third-order valence-electron chi connectivity index (χ3n) is 5.72. The van der Waals surface area contributed by atoms with Gasteiger partial charge in [-0.3, -0.25) is 0 Å². The Bertz CT molecular complexity index is 397. The molecule has 0 saturated heterocycles. The minimum absolute atomic E-state index is 0.917. The molecular formula is C26H49O2P. The van der Waals surface area contributed by atoms with Crippen LogP contribution in [-0.4, -0.2) is 9.79 Å². The van der Waals surface area contributed by atoms with Crippen LogP contribution in [-0.2, 0) is 12.8 Å². The van der Waals surface area contributed by atoms with Gasteiger partial charge in [0.15, 0.2) is 0 Å². The molecule has 0 aliphatic heterocycles. The molecule has 29 heavy (non-hydrogen) atoms. The summed E-state index contributed by atoms with van der Waals surface area (Å²) in [5, 5.41) is 0. The highest BCUT2D eigenvalue weighted by atomic mass is 31.1. The first-order valence-electron chi connectivity index (χ1n) is 12.4. The lowest BCUT2D eigenvalue weighted by Crippen LogP contribution is -1.95. The summed E-state index contributed by atoms with van der Waals surface area (Å²) in [6.07, 6.45) is 25.3. The lowest BCUT2D eigenvalue weighted by atomic mass is 9.96. The van der Waals surface area contributed by atoms with Gasteiger partial charge in [-0.1, -0.05) is 128 Å². The van der Waals surface area contributed by atoms with Crippen LogP contribution < -0.4 is 0 Å². The van der Waals surface area contributed by atoms with Crippen LogP contribution >= 0.6 is 9.03 Å². The molecule has 0 radical (unpaired) electrons. The van der Waals surface area contributed by atoms with E-state index >= 15 is 0 Å². The summed E-state index contributed by atoms with van der Waals surface area (Å²) in [7, 11) is -0.917. The van der Waals surface area contributed by atoms with Gasteiger partial charge in [0.25, 0.3) is 0 Å². The molecular weight excluding hydrogens is 375 g/mol. The van der Waals surface area contributed by atoms with Crippen LogP contribution in [0.15, 0.2) is 24.3 Å². The predicted octanol–water partition coefficient (Wildman–Crippen LogP) is 8.53. The van der Waals surface area contributed by atoms with Gasteiger partial charge in [-0.25, -0.2) is 0 Å². The Balaban J connectivity index is 0.00000245. The van der Waals surface area contributed by atoms with Crippen LogP contribution in [0.3, 0.4) is 0 Å². The first kappa shape index (κ1) is 28.6. The Labute approximate surface area is 183 Å². The van der Waals surface area contributed by atoms with Crippen LogP contribution in [0, 0.1) is 0 Å². The van der Waals surface area contributed by atoms with E-state index in [2.05, 4.69) is 38.1 Å². The van der Waals surface area contributed by atoms with Gasteiger partial charge < -0.3 is 9.79 Å². The van der Waals surface area contributed by atoms with Gasteiger partial charge in [0, 0.05) is 0 Å². The van der Waals surface area contributed by atoms with E-state index in [4.69, 9.17) is 9.79 Å². The maximum atomic E-state index is 7.15. The monoisotopic (exact) mass is 424 g/mol. The van der Waals surface area contributed by atoms with Crippen molar-refractivity contribution in [3.8, 4) is 0 Å². The standard InChI is InChI=1S/C26H46.H3O2P/c1-3-5-7-9-11-13-15-17-21-25-23-19-20-24-26(25)22-18-16-14-12-10-8-6-4-2;1-3-2/h19-20,23-24H,3-18,21-22H2,1-2H3;1-3H. The second-order valence-electron chi connectivity index (χ2n) is 8.32. The van der Waals surface area contributed by atoms with E-state index in [9.17, 15) is 0 Å². The van der Waals surface area contributed by atoms with Crippen molar-refractivity contribution in [1.82, 2.24) is 0 Å². The molecule has 0 aliphatic rings. The van der Waals surface area contributed by atoms with Gasteiger partial charge in [0.1, 0.15) is 9.03 Å². The summed E-state index contributed by atoms with van der Waals surface area (Å²) >= 11 is 0. The van der Waals surface area contributed by atoms with Gasteiger partial charge in [0.2, 0.25) is 0 Å². The van der Waals surface area contributed by atoms with Gasteiger partial charge in [-0.2, -0.15) is 0 Å². The Morgan fingerprint density at radius 1 is 0.517 bits per heavy atom. The summed E-state index contributed by atoms with van der Waals surface area (Å²) < 4.78 is 0. The normalized spacial score (nSPS) is 10.6. The molecule has 0 spiro atoms. The van der Waals surface area contributed by atoms with Crippen molar-refractivity contribution in [2.75, 3.05) is 0 Å². The van der Waals surface area contributed by atoms with E-state index in [0.717, 1.165) is 0 Å². The van der Waals surface area contributed by atoms with Gasteiger partial charge in [0.05, 0.1) is 0 Å². The van der Waals surface area contributed by atoms with Crippen LogP contribution in [0.4, 0.5) is 0 Å². The zero-order chi connectivity index (χ0) is 21.4. The smallest absolute Gasteiger partial charge is 0.149 e. The lowest BCUT2D eigenvalue weighted by Gasteiger charge is -2.10. The van der Waals surface area contributed by atoms with E-state index in [1.165, 1.54) is 116 Å². The maximum Gasteiger partial charge on any atom is 0.149 e. The molecule has 0 heterocycles. The third-order valence-corrected chi connectivity index (χ3v) is 5.72. The van der Waals surface area contributed by atoms with Crippen LogP contribution in [0.2, 0.25) is 0 Å². The summed E-state index contributed by atoms with van der Waals surface area (Å²) in [5.41, 5.74) is 3.25. The molecule has 2 N–H and O–H groups in total. The molecule has 1 aromatic rings. The SMILES string of the molecule is CCCCCCCCCCc1ccccc1CCCCCCCCCC.OPO. The molecule has 0 unspecified atom stereocenters. The zero-order valence-electron chi connectivity index (χ0n) is 19.4. The lowest BCUT2D eigenvalue weighted by molar-refractivity contribution is 0.513. The van der Waals surface area contributed by atoms with E-state index in [-0.39, 0.29) is 0 Å². The third kappa shape index (κ3) is 19.3. The summed E-state index contributed by atoms with van der Waals surface area (Å²) in [6.45, 7) is 4.59. The highest BCUT2D eigenvalue weighted by Crippen LogP contribution is 2.18. The second kappa shape index (κ2) is 23.8. The predicted molar refractivity (Wildman–Crippen MR) is 132 cm³/mol. The summed E-state index contributed by atoms with van der Waals surface area (Å²) in [4.78, 5) is 14.3. The highest BCUT2D eigenvalue weighted by molar-refractivity contribution is 7.23.